The van der Waals surface area contributed by atoms with Crippen LogP contribution in [-0.2, 0) is 15.7 Å². The third-order valence-electron chi connectivity index (χ3n) is 6.99. The van der Waals surface area contributed by atoms with E-state index >= 15 is 0 Å². The van der Waals surface area contributed by atoms with Gasteiger partial charge in [-0.1, -0.05) is 6.07 Å². The van der Waals surface area contributed by atoms with Gasteiger partial charge in [-0.15, -0.1) is 0 Å². The molecule has 1 aromatic carbocycles. The second-order valence-corrected chi connectivity index (χ2v) is 9.39. The number of hydrogen-bond acceptors (Lipinski definition) is 5. The number of nitrogens with one attached hydrogen (secondary N) is 1. The van der Waals surface area contributed by atoms with Crippen LogP contribution in [0.5, 0.6) is 0 Å². The molecule has 0 aliphatic carbocycles. The Bertz CT molecular complexity index is 987. The standard InChI is InChI=1S/C22H26F3N5O3S/c23-22(24,25)14-3-1-4-15(11-14)30-19(31)18-17-12-16(29(18)21(30)32)13-28(17)20(34)26-5-2-6-27-7-9-33-10-8-27/h1,3-4,11,16-18H,2,5-10,12-13H2,(H,26,34)/t16-,17-,18-/m0/s1. The number of ether oxygens (including phenoxy) is 1. The molecule has 0 unspecified atom stereocenters. The summed E-state index contributed by atoms with van der Waals surface area (Å²) in [6.07, 6.45) is -3.03. The number of nitrogens with zero attached hydrogens (tertiary/aromatic N) is 4. The highest BCUT2D eigenvalue weighted by atomic mass is 32.1. The Morgan fingerprint density at radius 2 is 1.97 bits per heavy atom. The number of rotatable bonds is 5. The SMILES string of the molecule is O=C1[C@@H]2[C@@H]3C[C@@H](CN3C(=S)NCCCN3CCOCC3)N2C(=O)N1c1cccc(C(F)(F)F)c1. The molecule has 4 saturated heterocycles. The molecular formula is C22H26F3N5O3S. The zero-order valence-corrected chi connectivity index (χ0v) is 19.3. The number of benzene rings is 1. The van der Waals surface area contributed by atoms with E-state index in [0.29, 0.717) is 24.6 Å². The van der Waals surface area contributed by atoms with Crippen molar-refractivity contribution in [2.45, 2.75) is 37.1 Å². The fraction of sp³-hybridized carbons (Fsp3) is 0.591. The lowest BCUT2D eigenvalue weighted by molar-refractivity contribution is -0.137. The van der Waals surface area contributed by atoms with E-state index in [4.69, 9.17) is 17.0 Å². The van der Waals surface area contributed by atoms with Crippen molar-refractivity contribution < 1.29 is 27.5 Å². The van der Waals surface area contributed by atoms with Gasteiger partial charge in [0, 0.05) is 26.2 Å². The number of hydrogen-bond donors (Lipinski definition) is 1. The molecular weight excluding hydrogens is 471 g/mol. The normalized spacial score (nSPS) is 27.0. The first-order valence-electron chi connectivity index (χ1n) is 11.4. The molecule has 3 amide bonds. The smallest absolute Gasteiger partial charge is 0.379 e. The van der Waals surface area contributed by atoms with Gasteiger partial charge in [0.1, 0.15) is 6.04 Å². The number of carbonyl (C=O) groups is 2. The Balaban J connectivity index is 1.22. The van der Waals surface area contributed by atoms with Crippen LogP contribution in [0.4, 0.5) is 23.7 Å². The number of alkyl halides is 3. The van der Waals surface area contributed by atoms with Crippen LogP contribution in [0.15, 0.2) is 24.3 Å². The number of likely N-dealkylation sites (tertiary alicyclic amines) is 1. The summed E-state index contributed by atoms with van der Waals surface area (Å²) in [7, 11) is 0. The fourth-order valence-electron chi connectivity index (χ4n) is 5.37. The molecule has 34 heavy (non-hydrogen) atoms. The monoisotopic (exact) mass is 497 g/mol. The molecule has 0 radical (unpaired) electrons. The lowest BCUT2D eigenvalue weighted by Crippen LogP contribution is -2.57. The molecule has 184 valence electrons. The van der Waals surface area contributed by atoms with Gasteiger partial charge >= 0.3 is 12.2 Å². The highest BCUT2D eigenvalue weighted by molar-refractivity contribution is 7.80. The number of imide groups is 1. The van der Waals surface area contributed by atoms with Crippen molar-refractivity contribution in [3.8, 4) is 0 Å². The van der Waals surface area contributed by atoms with Gasteiger partial charge in [-0.3, -0.25) is 9.69 Å². The van der Waals surface area contributed by atoms with Crippen LogP contribution in [0.2, 0.25) is 0 Å². The van der Waals surface area contributed by atoms with Crippen molar-refractivity contribution >= 4 is 35.0 Å². The van der Waals surface area contributed by atoms with Crippen molar-refractivity contribution in [1.82, 2.24) is 20.0 Å². The van der Waals surface area contributed by atoms with Crippen molar-refractivity contribution in [2.24, 2.45) is 0 Å². The van der Waals surface area contributed by atoms with E-state index in [1.54, 1.807) is 0 Å². The first kappa shape index (κ1) is 23.3. The fourth-order valence-corrected chi connectivity index (χ4v) is 5.69. The number of morpholine rings is 1. The number of fused-ring (bicyclic) bond motifs is 5. The first-order valence-corrected chi connectivity index (χ1v) is 11.8. The summed E-state index contributed by atoms with van der Waals surface area (Å²) in [4.78, 5) is 33.0. The molecule has 4 heterocycles. The Morgan fingerprint density at radius 1 is 1.21 bits per heavy atom. The molecule has 1 N–H and O–H groups in total. The third kappa shape index (κ3) is 4.11. The summed E-state index contributed by atoms with van der Waals surface area (Å²) in [5, 5.41) is 3.82. The highest BCUT2D eigenvalue weighted by Gasteiger charge is 2.62. The topological polar surface area (TPSA) is 68.4 Å². The summed E-state index contributed by atoms with van der Waals surface area (Å²) in [5.41, 5.74) is -0.960. The van der Waals surface area contributed by atoms with Gasteiger partial charge in [0.25, 0.3) is 5.91 Å². The van der Waals surface area contributed by atoms with Crippen LogP contribution in [0.1, 0.15) is 18.4 Å². The summed E-state index contributed by atoms with van der Waals surface area (Å²) < 4.78 is 44.8. The first-order chi connectivity index (χ1) is 16.3. The molecule has 2 bridgehead atoms. The second-order valence-electron chi connectivity index (χ2n) is 9.01. The van der Waals surface area contributed by atoms with Crippen LogP contribution < -0.4 is 10.2 Å². The largest absolute Gasteiger partial charge is 0.416 e. The zero-order chi connectivity index (χ0) is 24.0. The third-order valence-corrected chi connectivity index (χ3v) is 7.37. The Morgan fingerprint density at radius 3 is 2.71 bits per heavy atom. The maximum absolute atomic E-state index is 13.2. The van der Waals surface area contributed by atoms with Crippen molar-refractivity contribution in [3.05, 3.63) is 29.8 Å². The number of piperazine rings is 1. The van der Waals surface area contributed by atoms with Crippen LogP contribution >= 0.6 is 12.2 Å². The van der Waals surface area contributed by atoms with E-state index in [-0.39, 0.29) is 17.8 Å². The summed E-state index contributed by atoms with van der Waals surface area (Å²) in [6.45, 7) is 5.51. The van der Waals surface area contributed by atoms with Gasteiger partial charge < -0.3 is 19.9 Å². The van der Waals surface area contributed by atoms with Gasteiger partial charge in [0.15, 0.2) is 5.11 Å². The zero-order valence-electron chi connectivity index (χ0n) is 18.5. The minimum absolute atomic E-state index is 0.0611. The number of anilines is 1. The summed E-state index contributed by atoms with van der Waals surface area (Å²) in [5.74, 6) is -0.503. The number of urea groups is 1. The Hall–Kier alpha value is -2.44. The highest BCUT2D eigenvalue weighted by Crippen LogP contribution is 2.43. The van der Waals surface area contributed by atoms with Crippen LogP contribution in [0, 0.1) is 0 Å². The number of thiocarbonyl (C=S) groups is 1. The van der Waals surface area contributed by atoms with Crippen molar-refractivity contribution in [3.63, 3.8) is 0 Å². The maximum Gasteiger partial charge on any atom is 0.416 e. The number of halogens is 3. The maximum atomic E-state index is 13.2. The molecule has 12 heteroatoms. The van der Waals surface area contributed by atoms with Crippen molar-refractivity contribution in [1.29, 1.82) is 0 Å². The van der Waals surface area contributed by atoms with Gasteiger partial charge in [-0.25, -0.2) is 9.69 Å². The molecule has 0 aromatic heterocycles. The molecule has 4 aliphatic rings. The average molecular weight is 498 g/mol. The molecule has 5 rings (SSSR count). The van der Waals surface area contributed by atoms with E-state index < -0.39 is 29.7 Å². The van der Waals surface area contributed by atoms with Crippen LogP contribution in [-0.4, -0.2) is 95.8 Å². The van der Waals surface area contributed by atoms with E-state index in [1.165, 1.54) is 17.0 Å². The van der Waals surface area contributed by atoms with E-state index in [1.807, 2.05) is 4.90 Å². The molecule has 0 saturated carbocycles. The minimum Gasteiger partial charge on any atom is -0.379 e. The van der Waals surface area contributed by atoms with Crippen molar-refractivity contribution in [2.75, 3.05) is 50.8 Å². The van der Waals surface area contributed by atoms with E-state index in [0.717, 1.165) is 56.3 Å². The lowest BCUT2D eigenvalue weighted by Gasteiger charge is -2.36. The van der Waals surface area contributed by atoms with Crippen LogP contribution in [0.25, 0.3) is 0 Å². The molecule has 3 atom stereocenters. The predicted octanol–water partition coefficient (Wildman–Crippen LogP) is 1.90. The quantitative estimate of drug-likeness (QED) is 0.379. The Kier molecular flexibility index (Phi) is 6.15. The van der Waals surface area contributed by atoms with E-state index in [9.17, 15) is 22.8 Å². The van der Waals surface area contributed by atoms with Gasteiger partial charge in [-0.05, 0) is 49.8 Å². The van der Waals surface area contributed by atoms with Gasteiger partial charge in [0.2, 0.25) is 0 Å². The lowest BCUT2D eigenvalue weighted by atomic mass is 10.1. The van der Waals surface area contributed by atoms with Crippen LogP contribution in [0.3, 0.4) is 0 Å². The summed E-state index contributed by atoms with van der Waals surface area (Å²) >= 11 is 5.58. The van der Waals surface area contributed by atoms with E-state index in [2.05, 4.69) is 10.2 Å². The molecule has 4 aliphatic heterocycles. The Labute approximate surface area is 200 Å². The number of amides is 3. The molecule has 8 nitrogen and oxygen atoms in total. The van der Waals surface area contributed by atoms with Gasteiger partial charge in [-0.2, -0.15) is 13.2 Å². The summed E-state index contributed by atoms with van der Waals surface area (Å²) in [6, 6.07) is 2.54. The predicted molar refractivity (Wildman–Crippen MR) is 121 cm³/mol. The molecule has 0 spiro atoms. The average Bonchev–Trinajstić information content (AvgIpc) is 3.48. The molecule has 1 aromatic rings. The second kappa shape index (κ2) is 8.97. The minimum atomic E-state index is -4.56. The number of carbonyl (C=O) groups excluding carboxylic acids is 2. The van der Waals surface area contributed by atoms with Gasteiger partial charge in [0.05, 0.1) is 36.5 Å². The molecule has 4 fully saturated rings.